The summed E-state index contributed by atoms with van der Waals surface area (Å²) in [6, 6.07) is -0.597. The Hall–Kier alpha value is -1.83. The van der Waals surface area contributed by atoms with Crippen LogP contribution in [0.25, 0.3) is 0 Å². The maximum absolute atomic E-state index is 12.4. The first-order valence-corrected chi connectivity index (χ1v) is 9.28. The van der Waals surface area contributed by atoms with Crippen LogP contribution in [0.2, 0.25) is 0 Å². The fourth-order valence-electron chi connectivity index (χ4n) is 3.26. The number of likely N-dealkylation sites (tertiary alicyclic amines) is 1. The van der Waals surface area contributed by atoms with Crippen molar-refractivity contribution in [1.29, 1.82) is 0 Å². The van der Waals surface area contributed by atoms with Crippen LogP contribution in [-0.2, 0) is 23.8 Å². The van der Waals surface area contributed by atoms with Gasteiger partial charge in [0.2, 0.25) is 5.91 Å². The Kier molecular flexibility index (Phi) is 9.40. The summed E-state index contributed by atoms with van der Waals surface area (Å²) in [4.78, 5) is 37.3. The number of ether oxygens (including phenoxy) is 3. The smallest absolute Gasteiger partial charge is 0.407 e. The fourth-order valence-corrected chi connectivity index (χ4v) is 3.26. The largest absolute Gasteiger partial charge is 0.464 e. The Morgan fingerprint density at radius 3 is 2.35 bits per heavy atom. The van der Waals surface area contributed by atoms with Gasteiger partial charge in [-0.1, -0.05) is 20.3 Å². The van der Waals surface area contributed by atoms with E-state index < -0.39 is 12.1 Å². The third-order valence-electron chi connectivity index (χ3n) is 4.51. The van der Waals surface area contributed by atoms with E-state index in [1.54, 1.807) is 6.92 Å². The number of carbonyl (C=O) groups excluding carboxylic acids is 3. The molecule has 2 aliphatic heterocycles. The lowest BCUT2D eigenvalue weighted by Crippen LogP contribution is -2.46. The molecule has 0 aromatic heterocycles. The van der Waals surface area contributed by atoms with Gasteiger partial charge in [-0.2, -0.15) is 0 Å². The number of esters is 1. The summed E-state index contributed by atoms with van der Waals surface area (Å²) < 4.78 is 15.0. The fraction of sp³-hybridized carbons (Fsp3) is 0.833. The average Bonchev–Trinajstić information content (AvgIpc) is 3.00. The molecule has 2 amide bonds. The highest BCUT2D eigenvalue weighted by Gasteiger charge is 2.49. The number of amides is 2. The molecule has 0 aromatic rings. The van der Waals surface area contributed by atoms with Crippen LogP contribution in [0.1, 0.15) is 46.5 Å². The number of nitrogens with one attached hydrogen (secondary N) is 1. The molecule has 26 heavy (non-hydrogen) atoms. The molecule has 1 atom stereocenters. The third kappa shape index (κ3) is 6.16. The van der Waals surface area contributed by atoms with Crippen molar-refractivity contribution in [3.8, 4) is 0 Å². The van der Waals surface area contributed by atoms with Crippen LogP contribution >= 0.6 is 0 Å². The Morgan fingerprint density at radius 2 is 1.81 bits per heavy atom. The van der Waals surface area contributed by atoms with Crippen molar-refractivity contribution in [1.82, 2.24) is 10.2 Å². The predicted octanol–water partition coefficient (Wildman–Crippen LogP) is 1.72. The number of hydrogen-bond donors (Lipinski definition) is 1. The molecule has 0 saturated carbocycles. The molecule has 2 aliphatic rings. The van der Waals surface area contributed by atoms with Gasteiger partial charge in [-0.3, -0.25) is 4.79 Å². The molecule has 8 nitrogen and oxygen atoms in total. The summed E-state index contributed by atoms with van der Waals surface area (Å²) in [6.07, 6.45) is 2.79. The molecule has 1 spiro atoms. The van der Waals surface area contributed by atoms with E-state index in [9.17, 15) is 14.4 Å². The van der Waals surface area contributed by atoms with Crippen LogP contribution in [-0.4, -0.2) is 68.9 Å². The Morgan fingerprint density at radius 1 is 1.19 bits per heavy atom. The maximum atomic E-state index is 12.4. The van der Waals surface area contributed by atoms with Gasteiger partial charge in [0.05, 0.1) is 13.7 Å². The zero-order valence-corrected chi connectivity index (χ0v) is 16.3. The highest BCUT2D eigenvalue weighted by atomic mass is 16.5. The van der Waals surface area contributed by atoms with Gasteiger partial charge in [0, 0.05) is 19.8 Å². The standard InChI is InChI=1S/C15H24N2O6.C3H8/c1-3-23-13(19)11-8-15(4-6-22-7-5-15)10-17(11)12(18)9-16-14(20)21-2;1-3-2/h11H,3-10H2,1-2H3,(H,16,20);3H2,1-2H3. The lowest BCUT2D eigenvalue weighted by molar-refractivity contribution is -0.152. The predicted molar refractivity (Wildman–Crippen MR) is 95.6 cm³/mol. The van der Waals surface area contributed by atoms with E-state index >= 15 is 0 Å². The summed E-state index contributed by atoms with van der Waals surface area (Å²) in [5.74, 6) is -0.695. The molecule has 2 heterocycles. The average molecular weight is 372 g/mol. The highest BCUT2D eigenvalue weighted by molar-refractivity contribution is 5.88. The van der Waals surface area contributed by atoms with Gasteiger partial charge in [-0.15, -0.1) is 0 Å². The number of rotatable bonds is 4. The normalized spacial score (nSPS) is 20.8. The topological polar surface area (TPSA) is 94.2 Å². The van der Waals surface area contributed by atoms with Crippen LogP contribution in [0, 0.1) is 5.41 Å². The van der Waals surface area contributed by atoms with Crippen molar-refractivity contribution in [2.45, 2.75) is 52.5 Å². The number of carbonyl (C=O) groups is 3. The van der Waals surface area contributed by atoms with Gasteiger partial charge in [0.15, 0.2) is 0 Å². The van der Waals surface area contributed by atoms with E-state index in [0.29, 0.717) is 26.2 Å². The molecule has 0 aliphatic carbocycles. The van der Waals surface area contributed by atoms with Crippen LogP contribution < -0.4 is 5.32 Å². The first kappa shape index (κ1) is 22.2. The Balaban J connectivity index is 0.00000105. The number of hydrogen-bond acceptors (Lipinski definition) is 6. The van der Waals surface area contributed by atoms with Gasteiger partial charge in [-0.25, -0.2) is 9.59 Å². The molecule has 8 heteroatoms. The second-order valence-corrected chi connectivity index (χ2v) is 6.66. The molecule has 2 saturated heterocycles. The van der Waals surface area contributed by atoms with Crippen molar-refractivity contribution < 1.29 is 28.6 Å². The molecular weight excluding hydrogens is 340 g/mol. The van der Waals surface area contributed by atoms with Crippen molar-refractivity contribution in [3.63, 3.8) is 0 Å². The van der Waals surface area contributed by atoms with Gasteiger partial charge < -0.3 is 24.4 Å². The van der Waals surface area contributed by atoms with Crippen molar-refractivity contribution in [3.05, 3.63) is 0 Å². The van der Waals surface area contributed by atoms with Crippen LogP contribution in [0.3, 0.4) is 0 Å². The van der Waals surface area contributed by atoms with Gasteiger partial charge in [0.25, 0.3) is 0 Å². The van der Waals surface area contributed by atoms with E-state index in [-0.39, 0.29) is 30.4 Å². The molecule has 150 valence electrons. The molecule has 1 N–H and O–H groups in total. The summed E-state index contributed by atoms with van der Waals surface area (Å²) >= 11 is 0. The molecule has 0 radical (unpaired) electrons. The van der Waals surface area contributed by atoms with Crippen LogP contribution in [0.15, 0.2) is 0 Å². The van der Waals surface area contributed by atoms with E-state index in [4.69, 9.17) is 9.47 Å². The first-order valence-electron chi connectivity index (χ1n) is 9.28. The molecule has 2 rings (SSSR count). The first-order chi connectivity index (χ1) is 12.4. The number of nitrogens with zero attached hydrogens (tertiary/aromatic N) is 1. The van der Waals surface area contributed by atoms with Crippen LogP contribution in [0.5, 0.6) is 0 Å². The van der Waals surface area contributed by atoms with Gasteiger partial charge >= 0.3 is 12.1 Å². The maximum Gasteiger partial charge on any atom is 0.407 e. The van der Waals surface area contributed by atoms with Crippen LogP contribution in [0.4, 0.5) is 4.79 Å². The minimum absolute atomic E-state index is 0.101. The minimum Gasteiger partial charge on any atom is -0.464 e. The van der Waals surface area contributed by atoms with E-state index in [0.717, 1.165) is 12.8 Å². The summed E-state index contributed by atoms with van der Waals surface area (Å²) in [6.45, 7) is 7.82. The second-order valence-electron chi connectivity index (χ2n) is 6.66. The van der Waals surface area contributed by atoms with E-state index in [1.165, 1.54) is 18.4 Å². The monoisotopic (exact) mass is 372 g/mol. The second kappa shape index (κ2) is 11.0. The summed E-state index contributed by atoms with van der Waals surface area (Å²) in [5.41, 5.74) is -0.101. The third-order valence-corrected chi connectivity index (χ3v) is 4.51. The zero-order chi connectivity index (χ0) is 19.6. The number of methoxy groups -OCH3 is 1. The van der Waals surface area contributed by atoms with Crippen molar-refractivity contribution in [2.24, 2.45) is 5.41 Å². The van der Waals surface area contributed by atoms with Gasteiger partial charge in [0.1, 0.15) is 12.6 Å². The highest BCUT2D eigenvalue weighted by Crippen LogP contribution is 2.43. The lowest BCUT2D eigenvalue weighted by Gasteiger charge is -2.32. The number of alkyl carbamates (subject to hydrolysis) is 1. The minimum atomic E-state index is -0.675. The lowest BCUT2D eigenvalue weighted by atomic mass is 9.78. The van der Waals surface area contributed by atoms with Crippen molar-refractivity contribution >= 4 is 18.0 Å². The van der Waals surface area contributed by atoms with Gasteiger partial charge in [-0.05, 0) is 31.6 Å². The molecule has 1 unspecified atom stereocenters. The summed E-state index contributed by atoms with van der Waals surface area (Å²) in [7, 11) is 1.23. The molecule has 2 fully saturated rings. The SMILES string of the molecule is CCC.CCOC(=O)C1CC2(CCOCC2)CN1C(=O)CNC(=O)OC. The van der Waals surface area contributed by atoms with E-state index in [2.05, 4.69) is 23.9 Å². The quantitative estimate of drug-likeness (QED) is 0.755. The summed E-state index contributed by atoms with van der Waals surface area (Å²) in [5, 5.41) is 2.36. The molecule has 0 aromatic carbocycles. The zero-order valence-electron chi connectivity index (χ0n) is 16.3. The Bertz CT molecular complexity index is 476. The molecular formula is C18H32N2O6. The van der Waals surface area contributed by atoms with Crippen molar-refractivity contribution in [2.75, 3.05) is 40.0 Å². The molecule has 0 bridgehead atoms. The van der Waals surface area contributed by atoms with E-state index in [1.807, 2.05) is 0 Å². The Labute approximate surface area is 155 Å².